The Morgan fingerprint density at radius 2 is 0.538 bits per heavy atom. The van der Waals surface area contributed by atoms with Gasteiger partial charge in [-0.25, -0.2) is 0 Å². The van der Waals surface area contributed by atoms with Gasteiger partial charge in [0.15, 0.2) is 0 Å². The van der Waals surface area contributed by atoms with Crippen molar-refractivity contribution in [3.63, 3.8) is 0 Å². The van der Waals surface area contributed by atoms with Gasteiger partial charge in [-0.3, -0.25) is 9.59 Å². The highest BCUT2D eigenvalue weighted by atomic mass is 16.2. The summed E-state index contributed by atoms with van der Waals surface area (Å²) in [5.41, 5.74) is 5.78. The minimum atomic E-state index is -0.342. The van der Waals surface area contributed by atoms with Crippen molar-refractivity contribution in [1.29, 1.82) is 0 Å². The number of carbonyl (C=O) groups excluding carboxylic acids is 2. The van der Waals surface area contributed by atoms with Gasteiger partial charge in [0.05, 0.1) is 0 Å². The van der Waals surface area contributed by atoms with Crippen LogP contribution in [0.5, 0.6) is 0 Å². The van der Waals surface area contributed by atoms with Crippen molar-refractivity contribution < 1.29 is 9.59 Å². The fraction of sp³-hybridized carbons (Fsp3) is 0.957. The molecule has 52 heavy (non-hydrogen) atoms. The van der Waals surface area contributed by atoms with Gasteiger partial charge in [0, 0.05) is 12.8 Å². The Bertz CT molecular complexity index is 659. The van der Waals surface area contributed by atoms with Crippen LogP contribution in [0.4, 0.5) is 0 Å². The van der Waals surface area contributed by atoms with E-state index in [-0.39, 0.29) is 18.0 Å². The van der Waals surface area contributed by atoms with Crippen LogP contribution in [0.25, 0.3) is 0 Å². The number of rotatable bonds is 44. The van der Waals surface area contributed by atoms with Crippen LogP contribution < -0.4 is 16.4 Å². The molecule has 0 bridgehead atoms. The molecule has 0 aromatic carbocycles. The second-order valence-corrected chi connectivity index (χ2v) is 16.5. The van der Waals surface area contributed by atoms with Gasteiger partial charge in [-0.1, -0.05) is 245 Å². The molecule has 0 aromatic heterocycles. The van der Waals surface area contributed by atoms with Gasteiger partial charge in [0.1, 0.15) is 6.17 Å². The van der Waals surface area contributed by atoms with E-state index in [0.29, 0.717) is 25.8 Å². The molecule has 0 atom stereocenters. The fourth-order valence-corrected chi connectivity index (χ4v) is 7.61. The van der Waals surface area contributed by atoms with Crippen LogP contribution in [0.2, 0.25) is 0 Å². The van der Waals surface area contributed by atoms with Crippen LogP contribution in [0.3, 0.4) is 0 Å². The summed E-state index contributed by atoms with van der Waals surface area (Å²) >= 11 is 0. The monoisotopic (exact) mass is 734 g/mol. The van der Waals surface area contributed by atoms with E-state index in [4.69, 9.17) is 5.73 Å². The lowest BCUT2D eigenvalue weighted by atomic mass is 10.0. The van der Waals surface area contributed by atoms with Crippen LogP contribution in [0, 0.1) is 0 Å². The molecule has 4 N–H and O–H groups in total. The van der Waals surface area contributed by atoms with Crippen molar-refractivity contribution in [3.05, 3.63) is 0 Å². The first-order valence-corrected chi connectivity index (χ1v) is 23.9. The van der Waals surface area contributed by atoms with Gasteiger partial charge in [-0.05, 0) is 25.8 Å². The third-order valence-corrected chi connectivity index (χ3v) is 11.1. The van der Waals surface area contributed by atoms with Gasteiger partial charge in [0.2, 0.25) is 11.8 Å². The lowest BCUT2D eigenvalue weighted by Crippen LogP contribution is -2.48. The van der Waals surface area contributed by atoms with E-state index in [9.17, 15) is 9.59 Å². The average Bonchev–Trinajstić information content (AvgIpc) is 3.13. The quantitative estimate of drug-likeness (QED) is 0.0430. The molecule has 0 rings (SSSR count). The molecule has 2 amide bonds. The Labute approximate surface area is 326 Å². The molecule has 0 spiro atoms. The third kappa shape index (κ3) is 41.7. The summed E-state index contributed by atoms with van der Waals surface area (Å²) in [6.07, 6.45) is 52.7. The highest BCUT2D eigenvalue weighted by Gasteiger charge is 2.14. The first-order valence-electron chi connectivity index (χ1n) is 23.9. The molecule has 5 heteroatoms. The van der Waals surface area contributed by atoms with Crippen LogP contribution in [0.1, 0.15) is 277 Å². The van der Waals surface area contributed by atoms with Gasteiger partial charge < -0.3 is 16.4 Å². The number of carbonyl (C=O) groups is 2. The molecule has 5 nitrogen and oxygen atoms in total. The van der Waals surface area contributed by atoms with Crippen molar-refractivity contribution in [2.24, 2.45) is 5.73 Å². The van der Waals surface area contributed by atoms with E-state index < -0.39 is 0 Å². The minimum absolute atomic E-state index is 0.0363. The molecule has 0 unspecified atom stereocenters. The Hall–Kier alpha value is -1.10. The molecule has 0 heterocycles. The van der Waals surface area contributed by atoms with Crippen LogP contribution in [-0.2, 0) is 9.59 Å². The zero-order chi connectivity index (χ0) is 37.8. The Balaban J connectivity index is 3.54. The lowest BCUT2D eigenvalue weighted by Gasteiger charge is -2.20. The number of amides is 2. The van der Waals surface area contributed by atoms with Crippen molar-refractivity contribution in [1.82, 2.24) is 10.6 Å². The van der Waals surface area contributed by atoms with E-state index in [1.165, 1.54) is 218 Å². The summed E-state index contributed by atoms with van der Waals surface area (Å²) in [5, 5.41) is 6.04. The first kappa shape index (κ1) is 50.9. The van der Waals surface area contributed by atoms with Crippen LogP contribution in [-0.4, -0.2) is 24.5 Å². The zero-order valence-corrected chi connectivity index (χ0v) is 35.7. The van der Waals surface area contributed by atoms with Crippen molar-refractivity contribution >= 4 is 11.8 Å². The minimum Gasteiger partial charge on any atom is -0.336 e. The number of nitrogens with one attached hydrogen (secondary N) is 2. The van der Waals surface area contributed by atoms with Crippen LogP contribution in [0.15, 0.2) is 0 Å². The van der Waals surface area contributed by atoms with Gasteiger partial charge >= 0.3 is 0 Å². The van der Waals surface area contributed by atoms with E-state index >= 15 is 0 Å². The highest BCUT2D eigenvalue weighted by molar-refractivity contribution is 5.79. The molecule has 0 aliphatic carbocycles. The summed E-state index contributed by atoms with van der Waals surface area (Å²) < 4.78 is 0. The molecule has 0 saturated heterocycles. The maximum atomic E-state index is 12.5. The Morgan fingerprint density at radius 1 is 0.346 bits per heavy atom. The largest absolute Gasteiger partial charge is 0.336 e. The summed E-state index contributed by atoms with van der Waals surface area (Å²) in [5.74, 6) is 0.0726. The predicted molar refractivity (Wildman–Crippen MR) is 230 cm³/mol. The smallest absolute Gasteiger partial charge is 0.221 e. The Morgan fingerprint density at radius 3 is 0.731 bits per heavy atom. The number of hydrogen-bond acceptors (Lipinski definition) is 3. The zero-order valence-electron chi connectivity index (χ0n) is 35.7. The first-order chi connectivity index (χ1) is 25.6. The standard InChI is InChI=1S/C47H95N3O2/c1-3-5-7-9-11-13-15-17-19-21-23-25-27-29-31-33-35-37-39-41-46(51)49-45(43-44-48)50-47(52)42-40-38-36-34-32-30-28-26-24-22-20-18-16-14-12-10-8-6-4-2/h45H,3-44,48H2,1-2H3,(H,49,51)(H,50,52). The van der Waals surface area contributed by atoms with Crippen molar-refractivity contribution in [3.8, 4) is 0 Å². The molecule has 0 aliphatic rings. The summed E-state index contributed by atoms with van der Waals surface area (Å²) in [6, 6.07) is 0. The molecule has 310 valence electrons. The van der Waals surface area contributed by atoms with E-state index in [2.05, 4.69) is 24.5 Å². The molecule has 0 radical (unpaired) electrons. The second-order valence-electron chi connectivity index (χ2n) is 16.5. The normalized spacial score (nSPS) is 11.5. The SMILES string of the molecule is CCCCCCCCCCCCCCCCCCCCCC(=O)NC(CCN)NC(=O)CCCCCCCCCCCCCCCCCCCCC. The average molecular weight is 734 g/mol. The van der Waals surface area contributed by atoms with Crippen molar-refractivity contribution in [2.75, 3.05) is 6.54 Å². The van der Waals surface area contributed by atoms with Gasteiger partial charge in [-0.2, -0.15) is 0 Å². The van der Waals surface area contributed by atoms with Gasteiger partial charge in [0.25, 0.3) is 0 Å². The van der Waals surface area contributed by atoms with Gasteiger partial charge in [-0.15, -0.1) is 0 Å². The molecular weight excluding hydrogens is 639 g/mol. The molecule has 0 saturated carbocycles. The number of nitrogens with two attached hydrogens (primary N) is 1. The molecule has 0 aromatic rings. The highest BCUT2D eigenvalue weighted by Crippen LogP contribution is 2.17. The van der Waals surface area contributed by atoms with E-state index in [1.807, 2.05) is 0 Å². The molecule has 0 fully saturated rings. The third-order valence-electron chi connectivity index (χ3n) is 11.1. The fourth-order valence-electron chi connectivity index (χ4n) is 7.61. The van der Waals surface area contributed by atoms with E-state index in [0.717, 1.165) is 25.7 Å². The number of hydrogen-bond donors (Lipinski definition) is 3. The Kier molecular flexibility index (Phi) is 43.4. The maximum Gasteiger partial charge on any atom is 0.221 e. The molecular formula is C47H95N3O2. The topological polar surface area (TPSA) is 84.2 Å². The second kappa shape index (κ2) is 44.3. The van der Waals surface area contributed by atoms with Crippen LogP contribution >= 0.6 is 0 Å². The lowest BCUT2D eigenvalue weighted by molar-refractivity contribution is -0.124. The summed E-state index contributed by atoms with van der Waals surface area (Å²) in [6.45, 7) is 5.03. The molecule has 0 aliphatic heterocycles. The van der Waals surface area contributed by atoms with E-state index in [1.54, 1.807) is 0 Å². The van der Waals surface area contributed by atoms with Crippen molar-refractivity contribution in [2.45, 2.75) is 283 Å². The number of unbranched alkanes of at least 4 members (excludes halogenated alkanes) is 36. The summed E-state index contributed by atoms with van der Waals surface area (Å²) in [4.78, 5) is 25.1. The maximum absolute atomic E-state index is 12.5. The predicted octanol–water partition coefficient (Wildman–Crippen LogP) is 14.5. The summed E-state index contributed by atoms with van der Waals surface area (Å²) in [7, 11) is 0.